The van der Waals surface area contributed by atoms with Crippen LogP contribution in [0.15, 0.2) is 24.3 Å². The molecule has 0 saturated carbocycles. The van der Waals surface area contributed by atoms with Crippen molar-refractivity contribution in [3.8, 4) is 0 Å². The summed E-state index contributed by atoms with van der Waals surface area (Å²) in [5.74, 6) is -0.379. The van der Waals surface area contributed by atoms with Crippen molar-refractivity contribution < 1.29 is 9.59 Å². The molecule has 0 bridgehead atoms. The van der Waals surface area contributed by atoms with Crippen LogP contribution in [0.2, 0.25) is 0 Å². The van der Waals surface area contributed by atoms with E-state index in [2.05, 4.69) is 5.32 Å². The Kier molecular flexibility index (Phi) is 3.01. The van der Waals surface area contributed by atoms with Crippen molar-refractivity contribution in [2.24, 2.45) is 0 Å². The number of rotatable bonds is 1. The lowest BCUT2D eigenvalue weighted by Gasteiger charge is -2.43. The summed E-state index contributed by atoms with van der Waals surface area (Å²) in [6, 6.07) is 7.85. The number of urea groups is 1. The molecule has 2 heterocycles. The summed E-state index contributed by atoms with van der Waals surface area (Å²) in [6.07, 6.45) is 3.03. The maximum absolute atomic E-state index is 12.2. The summed E-state index contributed by atoms with van der Waals surface area (Å²) in [5, 5.41) is 2.49. The Bertz CT molecular complexity index is 509. The molecule has 19 heavy (non-hydrogen) atoms. The minimum Gasteiger partial charge on any atom is -0.320 e. The van der Waals surface area contributed by atoms with Crippen LogP contribution in [-0.2, 0) is 4.79 Å². The van der Waals surface area contributed by atoms with Gasteiger partial charge in [0.2, 0.25) is 5.91 Å². The van der Waals surface area contributed by atoms with Gasteiger partial charge >= 0.3 is 6.03 Å². The summed E-state index contributed by atoms with van der Waals surface area (Å²) >= 11 is 0. The number of hydrogen-bond donors (Lipinski definition) is 1. The first kappa shape index (κ1) is 12.2. The van der Waals surface area contributed by atoms with Crippen molar-refractivity contribution in [3.05, 3.63) is 35.4 Å². The maximum Gasteiger partial charge on any atom is 0.324 e. The Morgan fingerprint density at radius 2 is 1.89 bits per heavy atom. The average molecular weight is 258 g/mol. The number of carbonyl (C=O) groups is 2. The van der Waals surface area contributed by atoms with Gasteiger partial charge in [-0.05, 0) is 31.7 Å². The van der Waals surface area contributed by atoms with Crippen LogP contribution in [0.4, 0.5) is 4.79 Å². The topological polar surface area (TPSA) is 49.4 Å². The molecule has 100 valence electrons. The molecule has 1 N–H and O–H groups in total. The van der Waals surface area contributed by atoms with Gasteiger partial charge in [-0.25, -0.2) is 4.79 Å². The molecule has 4 nitrogen and oxygen atoms in total. The van der Waals surface area contributed by atoms with Gasteiger partial charge in [-0.2, -0.15) is 0 Å². The first-order valence-electron chi connectivity index (χ1n) is 6.85. The van der Waals surface area contributed by atoms with Gasteiger partial charge < -0.3 is 4.90 Å². The van der Waals surface area contributed by atoms with Gasteiger partial charge in [0.05, 0.1) is 5.92 Å². The first-order valence-corrected chi connectivity index (χ1v) is 6.85. The summed E-state index contributed by atoms with van der Waals surface area (Å²) in [7, 11) is 0. The molecular weight excluding hydrogens is 240 g/mol. The third kappa shape index (κ3) is 2.11. The molecule has 2 fully saturated rings. The normalized spacial score (nSPS) is 26.9. The quantitative estimate of drug-likeness (QED) is 0.839. The van der Waals surface area contributed by atoms with Crippen molar-refractivity contribution >= 4 is 11.9 Å². The van der Waals surface area contributed by atoms with E-state index >= 15 is 0 Å². The van der Waals surface area contributed by atoms with E-state index in [-0.39, 0.29) is 23.9 Å². The average Bonchev–Trinajstić information content (AvgIpc) is 2.41. The molecule has 3 rings (SSSR count). The number of benzene rings is 1. The van der Waals surface area contributed by atoms with E-state index in [4.69, 9.17) is 0 Å². The third-order valence-corrected chi connectivity index (χ3v) is 4.14. The van der Waals surface area contributed by atoms with E-state index in [1.54, 1.807) is 0 Å². The molecule has 0 unspecified atom stereocenters. The predicted octanol–water partition coefficient (Wildman–Crippen LogP) is 2.18. The van der Waals surface area contributed by atoms with Crippen molar-refractivity contribution in [2.75, 3.05) is 6.54 Å². The van der Waals surface area contributed by atoms with Crippen LogP contribution in [0.25, 0.3) is 0 Å². The van der Waals surface area contributed by atoms with Crippen molar-refractivity contribution in [1.82, 2.24) is 10.2 Å². The van der Waals surface area contributed by atoms with Gasteiger partial charge in [0.25, 0.3) is 0 Å². The van der Waals surface area contributed by atoms with E-state index in [0.29, 0.717) is 0 Å². The highest BCUT2D eigenvalue weighted by Crippen LogP contribution is 2.33. The lowest BCUT2D eigenvalue weighted by atomic mass is 9.83. The highest BCUT2D eigenvalue weighted by atomic mass is 16.2. The molecule has 2 aliphatic heterocycles. The number of amides is 3. The van der Waals surface area contributed by atoms with Crippen LogP contribution in [0.5, 0.6) is 0 Å². The predicted molar refractivity (Wildman–Crippen MR) is 71.8 cm³/mol. The van der Waals surface area contributed by atoms with Crippen LogP contribution in [-0.4, -0.2) is 29.4 Å². The fourth-order valence-corrected chi connectivity index (χ4v) is 3.13. The molecule has 2 saturated heterocycles. The zero-order chi connectivity index (χ0) is 13.4. The van der Waals surface area contributed by atoms with E-state index in [9.17, 15) is 9.59 Å². The largest absolute Gasteiger partial charge is 0.324 e. The standard InChI is InChI=1S/C15H18N2O2/c1-10-5-7-11(8-6-10)13-12-4-2-3-9-17(12)15(19)16-14(13)18/h5-8,12-13H,2-4,9H2,1H3,(H,16,18,19)/t12-,13-/m0/s1. The summed E-state index contributed by atoms with van der Waals surface area (Å²) in [6.45, 7) is 2.79. The molecule has 0 spiro atoms. The second kappa shape index (κ2) is 4.68. The molecule has 0 aromatic heterocycles. The zero-order valence-electron chi connectivity index (χ0n) is 11.1. The fraction of sp³-hybridized carbons (Fsp3) is 0.467. The van der Waals surface area contributed by atoms with Gasteiger partial charge in [0, 0.05) is 12.6 Å². The Hall–Kier alpha value is -1.84. The molecule has 4 heteroatoms. The van der Waals surface area contributed by atoms with Gasteiger partial charge in [0.15, 0.2) is 0 Å². The van der Waals surface area contributed by atoms with Crippen molar-refractivity contribution in [3.63, 3.8) is 0 Å². The first-order chi connectivity index (χ1) is 9.16. The Balaban J connectivity index is 1.95. The van der Waals surface area contributed by atoms with Crippen LogP contribution >= 0.6 is 0 Å². The van der Waals surface area contributed by atoms with Gasteiger partial charge in [-0.1, -0.05) is 29.8 Å². The molecule has 2 aliphatic rings. The number of imide groups is 1. The summed E-state index contributed by atoms with van der Waals surface area (Å²) in [5.41, 5.74) is 2.18. The minimum absolute atomic E-state index is 0.0257. The molecule has 2 atom stereocenters. The van der Waals surface area contributed by atoms with Crippen LogP contribution in [0.1, 0.15) is 36.3 Å². The Morgan fingerprint density at radius 1 is 1.16 bits per heavy atom. The number of hydrogen-bond acceptors (Lipinski definition) is 2. The lowest BCUT2D eigenvalue weighted by molar-refractivity contribution is -0.125. The molecule has 1 aromatic carbocycles. The van der Waals surface area contributed by atoms with Gasteiger partial charge in [-0.15, -0.1) is 0 Å². The van der Waals surface area contributed by atoms with Crippen molar-refractivity contribution in [2.45, 2.75) is 38.1 Å². The number of nitrogens with one attached hydrogen (secondary N) is 1. The van der Waals surface area contributed by atoms with Gasteiger partial charge in [0.1, 0.15) is 0 Å². The lowest BCUT2D eigenvalue weighted by Crippen LogP contribution is -2.60. The summed E-state index contributed by atoms with van der Waals surface area (Å²) < 4.78 is 0. The number of aryl methyl sites for hydroxylation is 1. The molecule has 3 amide bonds. The Morgan fingerprint density at radius 3 is 2.63 bits per heavy atom. The number of nitrogens with zero attached hydrogens (tertiary/aromatic N) is 1. The molecule has 1 aromatic rings. The minimum atomic E-state index is -0.224. The smallest absolute Gasteiger partial charge is 0.320 e. The van der Waals surface area contributed by atoms with Crippen molar-refractivity contribution in [1.29, 1.82) is 0 Å². The SMILES string of the molecule is Cc1ccc([C@@H]2C(=O)NC(=O)N3CCCC[C@@H]23)cc1. The van der Waals surface area contributed by atoms with E-state index in [1.807, 2.05) is 36.1 Å². The van der Waals surface area contributed by atoms with Crippen LogP contribution in [0, 0.1) is 6.92 Å². The monoisotopic (exact) mass is 258 g/mol. The molecule has 0 aliphatic carbocycles. The van der Waals surface area contributed by atoms with Crippen LogP contribution in [0.3, 0.4) is 0 Å². The molecule has 0 radical (unpaired) electrons. The highest BCUT2D eigenvalue weighted by Gasteiger charge is 2.42. The van der Waals surface area contributed by atoms with E-state index in [0.717, 1.165) is 31.4 Å². The third-order valence-electron chi connectivity index (χ3n) is 4.14. The van der Waals surface area contributed by atoms with Crippen LogP contribution < -0.4 is 5.32 Å². The number of piperidine rings is 1. The van der Waals surface area contributed by atoms with E-state index < -0.39 is 0 Å². The second-order valence-electron chi connectivity index (χ2n) is 5.44. The summed E-state index contributed by atoms with van der Waals surface area (Å²) in [4.78, 5) is 25.9. The van der Waals surface area contributed by atoms with Gasteiger partial charge in [-0.3, -0.25) is 10.1 Å². The second-order valence-corrected chi connectivity index (χ2v) is 5.44. The highest BCUT2D eigenvalue weighted by molar-refractivity contribution is 6.01. The zero-order valence-corrected chi connectivity index (χ0v) is 11.1. The number of fused-ring (bicyclic) bond motifs is 1. The maximum atomic E-state index is 12.2. The fourth-order valence-electron chi connectivity index (χ4n) is 3.13. The molecular formula is C15H18N2O2. The van der Waals surface area contributed by atoms with E-state index in [1.165, 1.54) is 5.56 Å². The Labute approximate surface area is 112 Å². The number of carbonyl (C=O) groups excluding carboxylic acids is 2.